The van der Waals surface area contributed by atoms with Crippen molar-refractivity contribution in [3.8, 4) is 5.75 Å². The molecule has 0 saturated heterocycles. The average molecular weight is 360 g/mol. The minimum Gasteiger partial charge on any atom is -0.494 e. The number of rotatable bonds is 12. The monoisotopic (exact) mass is 360 g/mol. The van der Waals surface area contributed by atoms with E-state index in [1.165, 1.54) is 0 Å². The lowest BCUT2D eigenvalue weighted by Crippen LogP contribution is -2.16. The zero-order valence-electron chi connectivity index (χ0n) is 16.5. The maximum absolute atomic E-state index is 12.2. The van der Waals surface area contributed by atoms with Gasteiger partial charge in [0.05, 0.1) is 12.2 Å². The average Bonchev–Trinajstić information content (AvgIpc) is 2.60. The molecule has 144 valence electrons. The van der Waals surface area contributed by atoms with Gasteiger partial charge < -0.3 is 14.2 Å². The van der Waals surface area contributed by atoms with Crippen LogP contribution in [0, 0.1) is 0 Å². The Kier molecular flexibility index (Phi) is 10.4. The minimum atomic E-state index is -0.336. The fraction of sp³-hybridized carbons (Fsp3) is 0.500. The van der Waals surface area contributed by atoms with Crippen LogP contribution in [-0.4, -0.2) is 32.4 Å². The number of unbranched alkanes of at least 4 members (excludes halogenated alkanes) is 3. The molecule has 0 aliphatic heterocycles. The van der Waals surface area contributed by atoms with E-state index in [-0.39, 0.29) is 12.1 Å². The van der Waals surface area contributed by atoms with Gasteiger partial charge in [0.15, 0.2) is 0 Å². The summed E-state index contributed by atoms with van der Waals surface area (Å²) in [5.41, 5.74) is 2.42. The molecule has 1 aromatic carbocycles. The van der Waals surface area contributed by atoms with Crippen molar-refractivity contribution in [2.24, 2.45) is 0 Å². The number of benzene rings is 1. The molecular formula is C22H32O4. The molecule has 0 heterocycles. The minimum absolute atomic E-state index is 0.284. The lowest BCUT2D eigenvalue weighted by Gasteiger charge is -2.14. The van der Waals surface area contributed by atoms with Crippen LogP contribution in [-0.2, 0) is 9.47 Å². The molecular weight excluding hydrogens is 328 g/mol. The quantitative estimate of drug-likeness (QED) is 0.287. The van der Waals surface area contributed by atoms with Crippen LogP contribution < -0.4 is 4.74 Å². The van der Waals surface area contributed by atoms with E-state index in [4.69, 9.17) is 14.2 Å². The largest absolute Gasteiger partial charge is 0.494 e. The summed E-state index contributed by atoms with van der Waals surface area (Å²) in [6.45, 7) is 11.0. The van der Waals surface area contributed by atoms with E-state index in [9.17, 15) is 4.79 Å². The predicted octanol–water partition coefficient (Wildman–Crippen LogP) is 5.34. The van der Waals surface area contributed by atoms with Crippen LogP contribution in [0.2, 0.25) is 0 Å². The Morgan fingerprint density at radius 3 is 2.27 bits per heavy atom. The first-order valence-corrected chi connectivity index (χ1v) is 9.20. The summed E-state index contributed by atoms with van der Waals surface area (Å²) in [6.07, 6.45) is 6.02. The number of esters is 1. The summed E-state index contributed by atoms with van der Waals surface area (Å²) in [5, 5.41) is 0. The third kappa shape index (κ3) is 8.86. The summed E-state index contributed by atoms with van der Waals surface area (Å²) in [6, 6.07) is 7.09. The highest BCUT2D eigenvalue weighted by Gasteiger charge is 2.13. The second-order valence-electron chi connectivity index (χ2n) is 6.56. The van der Waals surface area contributed by atoms with Gasteiger partial charge in [0, 0.05) is 13.7 Å². The molecule has 1 aromatic rings. The van der Waals surface area contributed by atoms with E-state index in [1.54, 1.807) is 19.2 Å². The maximum atomic E-state index is 12.2. The third-order valence-corrected chi connectivity index (χ3v) is 4.00. The molecule has 1 rings (SSSR count). The topological polar surface area (TPSA) is 44.8 Å². The molecule has 0 spiro atoms. The first-order valence-electron chi connectivity index (χ1n) is 9.20. The Morgan fingerprint density at radius 1 is 1.08 bits per heavy atom. The van der Waals surface area contributed by atoms with Crippen molar-refractivity contribution in [3.63, 3.8) is 0 Å². The van der Waals surface area contributed by atoms with Crippen LogP contribution in [0.1, 0.15) is 56.8 Å². The first-order chi connectivity index (χ1) is 12.4. The fourth-order valence-electron chi connectivity index (χ4n) is 2.41. The van der Waals surface area contributed by atoms with E-state index >= 15 is 0 Å². The van der Waals surface area contributed by atoms with E-state index in [1.807, 2.05) is 39.0 Å². The number of methoxy groups -OCH3 is 1. The molecule has 0 fully saturated rings. The van der Waals surface area contributed by atoms with E-state index in [0.29, 0.717) is 12.2 Å². The standard InChI is InChI=1S/C22H32O4/c1-17(2)16-18(3)19(4)26-22(23)20-10-12-21(13-11-20)25-15-9-7-6-8-14-24-5/h10-13,16,19H,1,6-9,14-15H2,2-5H3/b18-16-. The van der Waals surface area contributed by atoms with E-state index < -0.39 is 0 Å². The van der Waals surface area contributed by atoms with Crippen LogP contribution in [0.3, 0.4) is 0 Å². The number of allylic oxidation sites excluding steroid dienone is 2. The van der Waals surface area contributed by atoms with Gasteiger partial charge in [-0.3, -0.25) is 0 Å². The van der Waals surface area contributed by atoms with Crippen LogP contribution >= 0.6 is 0 Å². The number of hydrogen-bond acceptors (Lipinski definition) is 4. The second-order valence-corrected chi connectivity index (χ2v) is 6.56. The molecule has 0 aromatic heterocycles. The van der Waals surface area contributed by atoms with Crippen LogP contribution in [0.15, 0.2) is 48.1 Å². The normalized spacial score (nSPS) is 12.5. The molecule has 0 saturated carbocycles. The van der Waals surface area contributed by atoms with Crippen molar-refractivity contribution in [2.75, 3.05) is 20.3 Å². The van der Waals surface area contributed by atoms with Crippen molar-refractivity contribution in [3.05, 3.63) is 53.6 Å². The van der Waals surface area contributed by atoms with Gasteiger partial charge in [-0.1, -0.05) is 24.6 Å². The summed E-state index contributed by atoms with van der Waals surface area (Å²) < 4.78 is 16.2. The Hall–Kier alpha value is -2.07. The van der Waals surface area contributed by atoms with Gasteiger partial charge >= 0.3 is 5.97 Å². The van der Waals surface area contributed by atoms with Crippen molar-refractivity contribution in [1.29, 1.82) is 0 Å². The van der Waals surface area contributed by atoms with Gasteiger partial charge in [-0.15, -0.1) is 0 Å². The molecule has 4 heteroatoms. The SMILES string of the molecule is C=C(C)/C=C(/C)C(C)OC(=O)c1ccc(OCCCCCCOC)cc1. The molecule has 0 bridgehead atoms. The highest BCUT2D eigenvalue weighted by Crippen LogP contribution is 2.16. The molecule has 0 amide bonds. The van der Waals surface area contributed by atoms with Crippen LogP contribution in [0.25, 0.3) is 0 Å². The molecule has 1 unspecified atom stereocenters. The highest BCUT2D eigenvalue weighted by atomic mass is 16.5. The summed E-state index contributed by atoms with van der Waals surface area (Å²) >= 11 is 0. The van der Waals surface area contributed by atoms with Crippen LogP contribution in [0.5, 0.6) is 5.75 Å². The zero-order chi connectivity index (χ0) is 19.4. The zero-order valence-corrected chi connectivity index (χ0v) is 16.5. The Balaban J connectivity index is 2.39. The molecule has 4 nitrogen and oxygen atoms in total. The molecule has 0 radical (unpaired) electrons. The first kappa shape index (κ1) is 22.0. The van der Waals surface area contributed by atoms with Crippen LogP contribution in [0.4, 0.5) is 0 Å². The Labute approximate surface area is 157 Å². The number of carbonyl (C=O) groups is 1. The Bertz CT molecular complexity index is 587. The lowest BCUT2D eigenvalue weighted by atomic mass is 10.1. The van der Waals surface area contributed by atoms with Crippen molar-refractivity contribution in [1.82, 2.24) is 0 Å². The smallest absolute Gasteiger partial charge is 0.338 e. The molecule has 0 aliphatic rings. The summed E-state index contributed by atoms with van der Waals surface area (Å²) in [4.78, 5) is 12.2. The van der Waals surface area contributed by atoms with Gasteiger partial charge in [-0.05, 0) is 69.9 Å². The fourth-order valence-corrected chi connectivity index (χ4v) is 2.41. The van der Waals surface area contributed by atoms with Gasteiger partial charge in [0.2, 0.25) is 0 Å². The van der Waals surface area contributed by atoms with Gasteiger partial charge in [-0.2, -0.15) is 0 Å². The lowest BCUT2D eigenvalue weighted by molar-refractivity contribution is 0.0406. The maximum Gasteiger partial charge on any atom is 0.338 e. The molecule has 0 N–H and O–H groups in total. The van der Waals surface area contributed by atoms with Crippen molar-refractivity contribution >= 4 is 5.97 Å². The van der Waals surface area contributed by atoms with Crippen molar-refractivity contribution in [2.45, 2.75) is 52.6 Å². The second kappa shape index (κ2) is 12.3. The summed E-state index contributed by atoms with van der Waals surface area (Å²) in [7, 11) is 1.73. The third-order valence-electron chi connectivity index (χ3n) is 4.00. The van der Waals surface area contributed by atoms with Gasteiger partial charge in [0.25, 0.3) is 0 Å². The number of hydrogen-bond donors (Lipinski definition) is 0. The Morgan fingerprint density at radius 2 is 1.69 bits per heavy atom. The molecule has 0 aliphatic carbocycles. The van der Waals surface area contributed by atoms with E-state index in [2.05, 4.69) is 6.58 Å². The number of ether oxygens (including phenoxy) is 3. The van der Waals surface area contributed by atoms with E-state index in [0.717, 1.165) is 49.2 Å². The van der Waals surface area contributed by atoms with Gasteiger partial charge in [0.1, 0.15) is 11.9 Å². The molecule has 26 heavy (non-hydrogen) atoms. The molecule has 1 atom stereocenters. The van der Waals surface area contributed by atoms with Crippen molar-refractivity contribution < 1.29 is 19.0 Å². The van der Waals surface area contributed by atoms with Gasteiger partial charge in [-0.25, -0.2) is 4.79 Å². The predicted molar refractivity (Wildman–Crippen MR) is 106 cm³/mol. The number of carbonyl (C=O) groups excluding carboxylic acids is 1. The highest BCUT2D eigenvalue weighted by molar-refractivity contribution is 5.89. The summed E-state index contributed by atoms with van der Waals surface area (Å²) in [5.74, 6) is 0.432.